The Morgan fingerprint density at radius 1 is 1.35 bits per heavy atom. The number of nitrogens with zero attached hydrogens (tertiary/aromatic N) is 2. The van der Waals surface area contributed by atoms with Crippen LogP contribution in [0.25, 0.3) is 16.5 Å². The number of aliphatic hydroxyl groups is 1. The van der Waals surface area contributed by atoms with Gasteiger partial charge in [0, 0.05) is 47.8 Å². The maximum Gasteiger partial charge on any atom is 0.104 e. The summed E-state index contributed by atoms with van der Waals surface area (Å²) in [5, 5.41) is 11.6. The van der Waals surface area contributed by atoms with Crippen molar-refractivity contribution in [2.45, 2.75) is 19.6 Å². The monoisotopic (exact) mass is 290 g/mol. The van der Waals surface area contributed by atoms with Gasteiger partial charge in [-0.25, -0.2) is 0 Å². The van der Waals surface area contributed by atoms with E-state index < -0.39 is 0 Å². The number of rotatable bonds is 2. The third-order valence-corrected chi connectivity index (χ3v) is 4.30. The fourth-order valence-electron chi connectivity index (χ4n) is 2.88. The molecule has 1 unspecified atom stereocenters. The number of fused-ring (bicyclic) bond motifs is 1. The lowest BCUT2D eigenvalue weighted by molar-refractivity contribution is 0.0267. The lowest BCUT2D eigenvalue weighted by Gasteiger charge is -2.28. The molecule has 3 rings (SSSR count). The fourth-order valence-corrected chi connectivity index (χ4v) is 3.05. The molecule has 1 aromatic carbocycles. The molecule has 0 aliphatic carbocycles. The third kappa shape index (κ3) is 2.37. The largest absolute Gasteiger partial charge is 0.379 e. The molecule has 0 bridgehead atoms. The molecule has 0 radical (unpaired) electrons. The molecule has 4 heteroatoms. The summed E-state index contributed by atoms with van der Waals surface area (Å²) >= 11 is 6.08. The number of hydrogen-bond acceptors (Lipinski definition) is 2. The normalized spacial score (nSPS) is 18.3. The van der Waals surface area contributed by atoms with Crippen LogP contribution in [0.2, 0.25) is 5.02 Å². The van der Waals surface area contributed by atoms with E-state index in [1.54, 1.807) is 0 Å². The minimum atomic E-state index is -0.376. The van der Waals surface area contributed by atoms with Crippen molar-refractivity contribution in [3.8, 4) is 0 Å². The maximum absolute atomic E-state index is 9.62. The number of halogens is 1. The van der Waals surface area contributed by atoms with Crippen LogP contribution in [0.4, 0.5) is 0 Å². The number of aliphatic hydroxyl groups excluding tert-OH is 1. The molecule has 1 aliphatic rings. The molecule has 2 aromatic rings. The molecule has 0 spiro atoms. The molecule has 0 saturated carbocycles. The van der Waals surface area contributed by atoms with Crippen LogP contribution < -0.4 is 0 Å². The van der Waals surface area contributed by atoms with E-state index >= 15 is 0 Å². The molecule has 1 N–H and O–H groups in total. The van der Waals surface area contributed by atoms with Crippen molar-refractivity contribution in [1.82, 2.24) is 9.47 Å². The highest BCUT2D eigenvalue weighted by molar-refractivity contribution is 6.31. The summed E-state index contributed by atoms with van der Waals surface area (Å²) in [6.07, 6.45) is 4.98. The second-order valence-corrected chi connectivity index (χ2v) is 5.86. The Balaban J connectivity index is 1.99. The van der Waals surface area contributed by atoms with Gasteiger partial charge in [-0.2, -0.15) is 0 Å². The molecule has 0 saturated heterocycles. The highest BCUT2D eigenvalue weighted by Crippen LogP contribution is 2.32. The molecule has 2 heterocycles. The Bertz CT molecular complexity index is 672. The van der Waals surface area contributed by atoms with Crippen LogP contribution in [-0.4, -0.2) is 33.9 Å². The van der Waals surface area contributed by atoms with Gasteiger partial charge in [0.25, 0.3) is 0 Å². The van der Waals surface area contributed by atoms with Gasteiger partial charge in [0.15, 0.2) is 0 Å². The van der Waals surface area contributed by atoms with E-state index in [1.165, 1.54) is 16.5 Å². The van der Waals surface area contributed by atoms with Gasteiger partial charge >= 0.3 is 0 Å². The average molecular weight is 291 g/mol. The lowest BCUT2D eigenvalue weighted by atomic mass is 9.99. The Hall–Kier alpha value is -1.29. The molecule has 106 valence electrons. The second kappa shape index (κ2) is 5.24. The SMILES string of the molecule is CC(O)N1CC=C(c2cn(C)c3cc(Cl)ccc23)CC1. The van der Waals surface area contributed by atoms with Crippen molar-refractivity contribution in [2.24, 2.45) is 7.05 Å². The second-order valence-electron chi connectivity index (χ2n) is 5.42. The summed E-state index contributed by atoms with van der Waals surface area (Å²) < 4.78 is 2.12. The molecule has 0 amide bonds. The number of hydrogen-bond donors (Lipinski definition) is 1. The van der Waals surface area contributed by atoms with E-state index in [0.717, 1.165) is 30.0 Å². The van der Waals surface area contributed by atoms with E-state index in [4.69, 9.17) is 11.6 Å². The van der Waals surface area contributed by atoms with Crippen molar-refractivity contribution in [1.29, 1.82) is 0 Å². The van der Waals surface area contributed by atoms with Gasteiger partial charge in [0.05, 0.1) is 0 Å². The minimum absolute atomic E-state index is 0.376. The standard InChI is InChI=1S/C16H19ClN2O/c1-11(20)19-7-5-12(6-8-19)15-10-18(2)16-9-13(17)3-4-14(15)16/h3-5,9-11,20H,6-8H2,1-2H3. The molecule has 0 fully saturated rings. The third-order valence-electron chi connectivity index (χ3n) is 4.07. The highest BCUT2D eigenvalue weighted by atomic mass is 35.5. The topological polar surface area (TPSA) is 28.4 Å². The van der Waals surface area contributed by atoms with Crippen LogP contribution in [0.1, 0.15) is 18.9 Å². The Kier molecular flexibility index (Phi) is 3.59. The van der Waals surface area contributed by atoms with Crippen LogP contribution in [0.3, 0.4) is 0 Å². The maximum atomic E-state index is 9.62. The molecule has 1 atom stereocenters. The lowest BCUT2D eigenvalue weighted by Crippen LogP contribution is -2.36. The summed E-state index contributed by atoms with van der Waals surface area (Å²) in [5.41, 5.74) is 3.80. The number of aryl methyl sites for hydroxylation is 1. The van der Waals surface area contributed by atoms with Crippen molar-refractivity contribution >= 4 is 28.1 Å². The fraction of sp³-hybridized carbons (Fsp3) is 0.375. The van der Waals surface area contributed by atoms with Crippen LogP contribution in [-0.2, 0) is 7.05 Å². The quantitative estimate of drug-likeness (QED) is 0.919. The zero-order valence-corrected chi connectivity index (χ0v) is 12.6. The first kappa shape index (κ1) is 13.7. The van der Waals surface area contributed by atoms with Gasteiger partial charge in [-0.3, -0.25) is 4.90 Å². The first-order chi connectivity index (χ1) is 9.56. The van der Waals surface area contributed by atoms with Gasteiger partial charge in [0.2, 0.25) is 0 Å². The first-order valence-electron chi connectivity index (χ1n) is 6.92. The summed E-state index contributed by atoms with van der Waals surface area (Å²) in [7, 11) is 2.05. The average Bonchev–Trinajstić information content (AvgIpc) is 2.76. The summed E-state index contributed by atoms with van der Waals surface area (Å²) in [4.78, 5) is 2.06. The van der Waals surface area contributed by atoms with Crippen molar-refractivity contribution in [3.63, 3.8) is 0 Å². The highest BCUT2D eigenvalue weighted by Gasteiger charge is 2.18. The first-order valence-corrected chi connectivity index (χ1v) is 7.30. The molecule has 1 aromatic heterocycles. The van der Waals surface area contributed by atoms with Crippen molar-refractivity contribution in [2.75, 3.05) is 13.1 Å². The smallest absolute Gasteiger partial charge is 0.104 e. The summed E-state index contributed by atoms with van der Waals surface area (Å²) in [6.45, 7) is 3.52. The van der Waals surface area contributed by atoms with Gasteiger partial charge in [-0.05, 0) is 31.1 Å². The van der Waals surface area contributed by atoms with E-state index in [9.17, 15) is 5.11 Å². The van der Waals surface area contributed by atoms with Gasteiger partial charge in [0.1, 0.15) is 6.23 Å². The predicted octanol–water partition coefficient (Wildman–Crippen LogP) is 3.26. The summed E-state index contributed by atoms with van der Waals surface area (Å²) in [5.74, 6) is 0. The molecule has 20 heavy (non-hydrogen) atoms. The zero-order chi connectivity index (χ0) is 14.3. The number of aromatic nitrogens is 1. The van der Waals surface area contributed by atoms with Crippen LogP contribution >= 0.6 is 11.6 Å². The van der Waals surface area contributed by atoms with Crippen molar-refractivity contribution in [3.05, 3.63) is 41.1 Å². The minimum Gasteiger partial charge on any atom is -0.379 e. The zero-order valence-electron chi connectivity index (χ0n) is 11.8. The van der Waals surface area contributed by atoms with Gasteiger partial charge in [-0.1, -0.05) is 23.7 Å². The van der Waals surface area contributed by atoms with E-state index in [1.807, 2.05) is 26.1 Å². The van der Waals surface area contributed by atoms with E-state index in [0.29, 0.717) is 0 Å². The summed E-state index contributed by atoms with van der Waals surface area (Å²) in [6, 6.07) is 6.04. The van der Waals surface area contributed by atoms with E-state index in [2.05, 4.69) is 27.8 Å². The van der Waals surface area contributed by atoms with Crippen LogP contribution in [0, 0.1) is 0 Å². The van der Waals surface area contributed by atoms with Gasteiger partial charge in [-0.15, -0.1) is 0 Å². The number of benzene rings is 1. The van der Waals surface area contributed by atoms with Gasteiger partial charge < -0.3 is 9.67 Å². The Morgan fingerprint density at radius 2 is 2.15 bits per heavy atom. The van der Waals surface area contributed by atoms with Crippen LogP contribution in [0.5, 0.6) is 0 Å². The Morgan fingerprint density at radius 3 is 2.80 bits per heavy atom. The van der Waals surface area contributed by atoms with Crippen LogP contribution in [0.15, 0.2) is 30.5 Å². The van der Waals surface area contributed by atoms with Crippen molar-refractivity contribution < 1.29 is 5.11 Å². The Labute approximate surface area is 124 Å². The predicted molar refractivity (Wildman–Crippen MR) is 83.8 cm³/mol. The molecular weight excluding hydrogens is 272 g/mol. The van der Waals surface area contributed by atoms with E-state index in [-0.39, 0.29) is 6.23 Å². The molecule has 3 nitrogen and oxygen atoms in total. The molecule has 1 aliphatic heterocycles. The molecular formula is C16H19ClN2O.